The van der Waals surface area contributed by atoms with Gasteiger partial charge in [0.25, 0.3) is 11.8 Å². The molecule has 39 heavy (non-hydrogen) atoms. The summed E-state index contributed by atoms with van der Waals surface area (Å²) in [5.41, 5.74) is 0.589. The lowest BCUT2D eigenvalue weighted by molar-refractivity contribution is -0.138. The highest BCUT2D eigenvalue weighted by Crippen LogP contribution is 2.66. The van der Waals surface area contributed by atoms with Crippen LogP contribution >= 0.6 is 50.7 Å². The Morgan fingerprint density at radius 1 is 1.00 bits per heavy atom. The molecule has 0 radical (unpaired) electrons. The van der Waals surface area contributed by atoms with Crippen molar-refractivity contribution >= 4 is 80.0 Å². The molecule has 6 rings (SSSR count). The summed E-state index contributed by atoms with van der Waals surface area (Å²) in [6.07, 6.45) is 1.65. The second-order valence-electron chi connectivity index (χ2n) is 10.2. The largest absolute Gasteiger partial charge is 0.505 e. The number of fused-ring (bicyclic) bond motifs is 4. The molecule has 2 heterocycles. The third-order valence-corrected chi connectivity index (χ3v) is 10.6. The minimum atomic E-state index is -2.12. The van der Waals surface area contributed by atoms with Crippen LogP contribution in [0.3, 0.4) is 0 Å². The van der Waals surface area contributed by atoms with Gasteiger partial charge in [0, 0.05) is 16.5 Å². The highest BCUT2D eigenvalue weighted by Gasteiger charge is 2.76. The first-order chi connectivity index (χ1) is 18.5. The molecule has 0 spiro atoms. The zero-order valence-electron chi connectivity index (χ0n) is 19.9. The van der Waals surface area contributed by atoms with Gasteiger partial charge in [-0.2, -0.15) is 0 Å². The molecule has 4 amide bonds. The molecular formula is C27H19BrCl3FN2O5. The molecule has 1 saturated carbocycles. The molecule has 0 bridgehead atoms. The van der Waals surface area contributed by atoms with E-state index in [1.165, 1.54) is 12.1 Å². The molecule has 3 fully saturated rings. The molecule has 2 aromatic rings. The average molecular weight is 657 g/mol. The number of nitrogens with zero attached hydrogens (tertiary/aromatic N) is 2. The topological polar surface area (TPSA) is 95.0 Å². The van der Waals surface area contributed by atoms with E-state index in [2.05, 4.69) is 15.9 Å². The fourth-order valence-corrected chi connectivity index (χ4v) is 8.25. The summed E-state index contributed by atoms with van der Waals surface area (Å²) in [6, 6.07) is 10.1. The van der Waals surface area contributed by atoms with Crippen LogP contribution in [0.4, 0.5) is 10.1 Å². The summed E-state index contributed by atoms with van der Waals surface area (Å²) in [7, 11) is 0. The predicted molar refractivity (Wildman–Crippen MR) is 145 cm³/mol. The third-order valence-electron chi connectivity index (χ3n) is 8.43. The molecule has 0 aromatic heterocycles. The van der Waals surface area contributed by atoms with Crippen molar-refractivity contribution in [3.8, 4) is 5.75 Å². The van der Waals surface area contributed by atoms with Gasteiger partial charge in [-0.15, -0.1) is 23.2 Å². The first kappa shape index (κ1) is 26.7. The Balaban J connectivity index is 1.53. The summed E-state index contributed by atoms with van der Waals surface area (Å²) in [6.45, 7) is 0. The zero-order valence-corrected chi connectivity index (χ0v) is 23.8. The van der Waals surface area contributed by atoms with Crippen molar-refractivity contribution in [2.75, 3.05) is 10.4 Å². The Hall–Kier alpha value is -2.46. The Morgan fingerprint density at radius 3 is 2.36 bits per heavy atom. The van der Waals surface area contributed by atoms with E-state index in [4.69, 9.17) is 34.8 Å². The number of carbonyl (C=O) groups excluding carboxylic acids is 4. The normalized spacial score (nSPS) is 33.7. The van der Waals surface area contributed by atoms with Gasteiger partial charge in [0.2, 0.25) is 11.8 Å². The Bertz CT molecular complexity index is 1500. The molecule has 6 atom stereocenters. The van der Waals surface area contributed by atoms with Gasteiger partial charge in [0.05, 0.1) is 23.0 Å². The van der Waals surface area contributed by atoms with Crippen molar-refractivity contribution in [3.05, 3.63) is 70.5 Å². The quantitative estimate of drug-likeness (QED) is 0.215. The van der Waals surface area contributed by atoms with Gasteiger partial charge in [-0.1, -0.05) is 51.3 Å². The van der Waals surface area contributed by atoms with Gasteiger partial charge in [-0.05, 0) is 49.1 Å². The molecule has 2 aliphatic carbocycles. The first-order valence-electron chi connectivity index (χ1n) is 12.1. The maximum Gasteiger partial charge on any atom is 0.254 e. The number of para-hydroxylation sites is 1. The fraction of sp³-hybridized carbons (Fsp3) is 0.333. The van der Waals surface area contributed by atoms with Crippen LogP contribution in [0.1, 0.15) is 24.3 Å². The number of phenols is 1. The lowest BCUT2D eigenvalue weighted by Crippen LogP contribution is -2.60. The number of imide groups is 2. The highest BCUT2D eigenvalue weighted by atomic mass is 79.9. The molecule has 6 unspecified atom stereocenters. The second-order valence-corrected chi connectivity index (χ2v) is 12.3. The summed E-state index contributed by atoms with van der Waals surface area (Å²) in [5.74, 6) is -7.84. The Morgan fingerprint density at radius 2 is 1.69 bits per heavy atom. The molecule has 202 valence electrons. The Labute approximate surface area is 245 Å². The maximum absolute atomic E-state index is 14.6. The van der Waals surface area contributed by atoms with E-state index < -0.39 is 68.6 Å². The molecule has 7 nitrogen and oxygen atoms in total. The smallest absolute Gasteiger partial charge is 0.254 e. The first-order valence-corrected chi connectivity index (χ1v) is 14.3. The van der Waals surface area contributed by atoms with Crippen LogP contribution in [0, 0.1) is 23.6 Å². The number of allylic oxidation sites excluding steroid dienone is 2. The molecule has 1 N–H and O–H groups in total. The van der Waals surface area contributed by atoms with Crippen molar-refractivity contribution < 1.29 is 28.7 Å². The van der Waals surface area contributed by atoms with E-state index in [0.29, 0.717) is 16.3 Å². The standard InChI is InChI=1S/C27H19BrCl3FN2O5/c28-11-33-24(38)26(30)10-17-14(20(27(26,31)25(33)39)16-2-1-3-18(32)21(16)35)8-9-15-19(17)23(37)34(22(15)36)13-6-4-12(29)5-7-13/h1-8,15,17,19-20,35H,9-11H2. The number of alkyl halides is 3. The van der Waals surface area contributed by atoms with Crippen LogP contribution in [0.15, 0.2) is 54.1 Å². The van der Waals surface area contributed by atoms with Gasteiger partial charge in [0.15, 0.2) is 21.3 Å². The average Bonchev–Trinajstić information content (AvgIpc) is 3.24. The van der Waals surface area contributed by atoms with Gasteiger partial charge in [-0.3, -0.25) is 29.0 Å². The molecule has 12 heteroatoms. The maximum atomic E-state index is 14.6. The van der Waals surface area contributed by atoms with Crippen LogP contribution in [0.2, 0.25) is 5.02 Å². The van der Waals surface area contributed by atoms with E-state index in [0.717, 1.165) is 15.9 Å². The number of amides is 4. The van der Waals surface area contributed by atoms with Crippen LogP contribution in [-0.4, -0.2) is 48.8 Å². The lowest BCUT2D eigenvalue weighted by Gasteiger charge is -2.50. The number of hydrogen-bond acceptors (Lipinski definition) is 5. The SMILES string of the molecule is O=C1C2CC=C3C(CC4(Cl)C(=O)N(CBr)C(=O)C4(Cl)C3c3cccc(F)c3O)C2C(=O)N1c1ccc(Cl)cc1. The highest BCUT2D eigenvalue weighted by molar-refractivity contribution is 9.09. The van der Waals surface area contributed by atoms with E-state index in [1.54, 1.807) is 30.3 Å². The van der Waals surface area contributed by atoms with Gasteiger partial charge < -0.3 is 5.11 Å². The van der Waals surface area contributed by atoms with Crippen molar-refractivity contribution in [1.29, 1.82) is 0 Å². The van der Waals surface area contributed by atoms with E-state index >= 15 is 0 Å². The van der Waals surface area contributed by atoms with Crippen molar-refractivity contribution in [3.63, 3.8) is 0 Å². The number of hydrogen-bond donors (Lipinski definition) is 1. The number of carbonyl (C=O) groups is 4. The van der Waals surface area contributed by atoms with Gasteiger partial charge in [-0.25, -0.2) is 4.39 Å². The summed E-state index contributed by atoms with van der Waals surface area (Å²) in [5, 5.41) is 11.2. The summed E-state index contributed by atoms with van der Waals surface area (Å²) in [4.78, 5) is 52.5. The molecule has 2 saturated heterocycles. The van der Waals surface area contributed by atoms with Crippen molar-refractivity contribution in [2.24, 2.45) is 17.8 Å². The van der Waals surface area contributed by atoms with Crippen molar-refractivity contribution in [1.82, 2.24) is 4.90 Å². The van der Waals surface area contributed by atoms with Crippen LogP contribution in [0.25, 0.3) is 0 Å². The second kappa shape index (κ2) is 9.03. The van der Waals surface area contributed by atoms with E-state index in [1.807, 2.05) is 0 Å². The number of rotatable bonds is 3. The number of anilines is 1. The molecule has 2 aliphatic heterocycles. The lowest BCUT2D eigenvalue weighted by atomic mass is 9.56. The van der Waals surface area contributed by atoms with Crippen molar-refractivity contribution in [2.45, 2.75) is 28.5 Å². The number of aromatic hydroxyl groups is 1. The van der Waals surface area contributed by atoms with Crippen LogP contribution in [-0.2, 0) is 19.2 Å². The number of halogens is 5. The predicted octanol–water partition coefficient (Wildman–Crippen LogP) is 5.10. The van der Waals surface area contributed by atoms with Gasteiger partial charge in [0.1, 0.15) is 0 Å². The Kier molecular flexibility index (Phi) is 6.19. The third kappa shape index (κ3) is 3.39. The van der Waals surface area contributed by atoms with Crippen LogP contribution in [0.5, 0.6) is 5.75 Å². The monoisotopic (exact) mass is 654 g/mol. The summed E-state index contributed by atoms with van der Waals surface area (Å²) >= 11 is 23.3. The van der Waals surface area contributed by atoms with E-state index in [9.17, 15) is 28.7 Å². The molecular weight excluding hydrogens is 638 g/mol. The van der Waals surface area contributed by atoms with Gasteiger partial charge >= 0.3 is 0 Å². The summed E-state index contributed by atoms with van der Waals surface area (Å²) < 4.78 is 14.6. The number of phenolic OH excluding ortho intramolecular Hbond substituents is 1. The van der Waals surface area contributed by atoms with Crippen LogP contribution < -0.4 is 4.90 Å². The molecule has 2 aromatic carbocycles. The zero-order chi connectivity index (χ0) is 28.0. The van der Waals surface area contributed by atoms with E-state index in [-0.39, 0.29) is 23.9 Å². The number of likely N-dealkylation sites (tertiary alicyclic amines) is 1. The minimum Gasteiger partial charge on any atom is -0.505 e. The minimum absolute atomic E-state index is 0.0340. The fourth-order valence-electron chi connectivity index (χ4n) is 6.71. The number of benzene rings is 2. The molecule has 4 aliphatic rings.